The smallest absolute Gasteiger partial charge is 0.177 e. The van der Waals surface area contributed by atoms with E-state index in [0.29, 0.717) is 56.4 Å². The van der Waals surface area contributed by atoms with Crippen molar-refractivity contribution in [3.63, 3.8) is 0 Å². The van der Waals surface area contributed by atoms with Crippen molar-refractivity contribution < 1.29 is 8.78 Å². The number of hydrogen-bond acceptors (Lipinski definition) is 7. The van der Waals surface area contributed by atoms with E-state index in [2.05, 4.69) is 35.1 Å². The summed E-state index contributed by atoms with van der Waals surface area (Å²) in [6, 6.07) is 6.71. The van der Waals surface area contributed by atoms with E-state index in [4.69, 9.17) is 0 Å². The van der Waals surface area contributed by atoms with Crippen molar-refractivity contribution in [2.75, 3.05) is 14.1 Å². The van der Waals surface area contributed by atoms with Gasteiger partial charge in [-0.05, 0) is 43.9 Å². The molecule has 0 spiro atoms. The molecule has 0 amide bonds. The van der Waals surface area contributed by atoms with Crippen molar-refractivity contribution in [1.29, 1.82) is 0 Å². The van der Waals surface area contributed by atoms with Crippen LogP contribution in [0, 0.1) is 10.9 Å². The molecule has 6 aromatic heterocycles. The summed E-state index contributed by atoms with van der Waals surface area (Å²) in [7, 11) is 3.92. The standard InChI is InChI=1S/C24H18F2N8S/c1-34(2)11-12-7-13(9-27-8-12)14-10-29-23-18(19(14)26)22(32-33-23)24-30-15-5-6-28-21(20(15)31-24)16-3-4-17(25)35-16/h3-10H,11H2,1-2H3,(H,30,31)(H,29,32,33). The van der Waals surface area contributed by atoms with E-state index in [1.54, 1.807) is 30.7 Å². The third-order valence-electron chi connectivity index (χ3n) is 5.56. The van der Waals surface area contributed by atoms with Gasteiger partial charge in [0.15, 0.2) is 16.6 Å². The Hall–Kier alpha value is -4.09. The molecular weight excluding hydrogens is 470 g/mol. The second kappa shape index (κ2) is 8.29. The average molecular weight is 489 g/mol. The van der Waals surface area contributed by atoms with E-state index in [9.17, 15) is 4.39 Å². The van der Waals surface area contributed by atoms with E-state index < -0.39 is 5.82 Å². The van der Waals surface area contributed by atoms with Gasteiger partial charge in [-0.1, -0.05) is 0 Å². The van der Waals surface area contributed by atoms with Crippen LogP contribution in [0.3, 0.4) is 0 Å². The molecule has 0 atom stereocenters. The van der Waals surface area contributed by atoms with Gasteiger partial charge in [0.1, 0.15) is 22.7 Å². The van der Waals surface area contributed by atoms with Crippen molar-refractivity contribution in [3.8, 4) is 33.2 Å². The van der Waals surface area contributed by atoms with Gasteiger partial charge in [-0.3, -0.25) is 15.1 Å². The summed E-state index contributed by atoms with van der Waals surface area (Å²) in [5, 5.41) is 7.00. The molecule has 6 heterocycles. The van der Waals surface area contributed by atoms with Crippen LogP contribution in [-0.2, 0) is 6.54 Å². The van der Waals surface area contributed by atoms with Crippen molar-refractivity contribution >= 4 is 33.4 Å². The third-order valence-corrected chi connectivity index (χ3v) is 6.44. The van der Waals surface area contributed by atoms with Gasteiger partial charge in [0.25, 0.3) is 0 Å². The number of pyridine rings is 3. The summed E-state index contributed by atoms with van der Waals surface area (Å²) in [6.07, 6.45) is 6.47. The highest BCUT2D eigenvalue weighted by Gasteiger charge is 2.22. The highest BCUT2D eigenvalue weighted by atomic mass is 32.1. The number of nitrogens with one attached hydrogen (secondary N) is 2. The first kappa shape index (κ1) is 21.4. The van der Waals surface area contributed by atoms with Crippen LogP contribution in [0.5, 0.6) is 0 Å². The fourth-order valence-corrected chi connectivity index (χ4v) is 4.81. The number of H-pyrrole nitrogens is 2. The van der Waals surface area contributed by atoms with Gasteiger partial charge in [-0.2, -0.15) is 9.49 Å². The van der Waals surface area contributed by atoms with Crippen molar-refractivity contribution in [2.45, 2.75) is 6.54 Å². The minimum Gasteiger partial charge on any atom is -0.336 e. The first-order chi connectivity index (χ1) is 17.0. The Kier molecular flexibility index (Phi) is 5.08. The van der Waals surface area contributed by atoms with Gasteiger partial charge < -0.3 is 9.88 Å². The molecule has 0 aromatic carbocycles. The second-order valence-corrected chi connectivity index (χ2v) is 9.38. The second-order valence-electron chi connectivity index (χ2n) is 8.35. The first-order valence-corrected chi connectivity index (χ1v) is 11.5. The number of halogens is 2. The fraction of sp³-hybridized carbons (Fsp3) is 0.125. The molecule has 0 aliphatic carbocycles. The van der Waals surface area contributed by atoms with Gasteiger partial charge in [0.2, 0.25) is 0 Å². The van der Waals surface area contributed by atoms with Gasteiger partial charge in [-0.25, -0.2) is 14.4 Å². The van der Waals surface area contributed by atoms with E-state index in [1.165, 1.54) is 12.3 Å². The molecule has 0 saturated carbocycles. The minimum atomic E-state index is -0.471. The van der Waals surface area contributed by atoms with Crippen LogP contribution in [0.2, 0.25) is 0 Å². The molecule has 0 radical (unpaired) electrons. The van der Waals surface area contributed by atoms with Crippen molar-refractivity contribution in [1.82, 2.24) is 40.0 Å². The molecule has 6 aromatic rings. The predicted molar refractivity (Wildman–Crippen MR) is 131 cm³/mol. The molecule has 0 aliphatic rings. The molecule has 0 fully saturated rings. The maximum Gasteiger partial charge on any atom is 0.177 e. The summed E-state index contributed by atoms with van der Waals surface area (Å²) in [5.41, 5.74) is 4.27. The Morgan fingerprint density at radius 2 is 1.91 bits per heavy atom. The van der Waals surface area contributed by atoms with E-state index in [0.717, 1.165) is 16.9 Å². The van der Waals surface area contributed by atoms with Crippen LogP contribution in [0.1, 0.15) is 5.56 Å². The molecule has 0 unspecified atom stereocenters. The SMILES string of the molecule is CN(C)Cc1cncc(-c2cnc3[nH]nc(-c4nc5c(-c6ccc(F)s6)nccc5[nH]4)c3c2F)c1. The van der Waals surface area contributed by atoms with E-state index in [1.807, 2.05) is 25.1 Å². The average Bonchev–Trinajstić information content (AvgIpc) is 3.56. The van der Waals surface area contributed by atoms with Crippen LogP contribution in [0.15, 0.2) is 49.1 Å². The molecule has 174 valence electrons. The summed E-state index contributed by atoms with van der Waals surface area (Å²) < 4.78 is 29.5. The Balaban J connectivity index is 1.49. The lowest BCUT2D eigenvalue weighted by molar-refractivity contribution is 0.402. The van der Waals surface area contributed by atoms with Crippen molar-refractivity contribution in [3.05, 3.63) is 65.6 Å². The molecule has 0 saturated heterocycles. The largest absolute Gasteiger partial charge is 0.336 e. The third kappa shape index (κ3) is 3.74. The van der Waals surface area contributed by atoms with Crippen LogP contribution in [-0.4, -0.2) is 54.1 Å². The zero-order valence-electron chi connectivity index (χ0n) is 18.7. The number of hydrogen-bond donors (Lipinski definition) is 2. The number of imidazole rings is 1. The van der Waals surface area contributed by atoms with Gasteiger partial charge >= 0.3 is 0 Å². The van der Waals surface area contributed by atoms with Crippen LogP contribution >= 0.6 is 11.3 Å². The highest BCUT2D eigenvalue weighted by Crippen LogP contribution is 2.35. The van der Waals surface area contributed by atoms with Gasteiger partial charge in [0, 0.05) is 42.5 Å². The summed E-state index contributed by atoms with van der Waals surface area (Å²) in [6.45, 7) is 0.679. The Bertz CT molecular complexity index is 1700. The zero-order chi connectivity index (χ0) is 24.1. The highest BCUT2D eigenvalue weighted by molar-refractivity contribution is 7.13. The maximum atomic E-state index is 15.9. The Morgan fingerprint density at radius 3 is 2.71 bits per heavy atom. The van der Waals surface area contributed by atoms with Crippen molar-refractivity contribution in [2.24, 2.45) is 0 Å². The summed E-state index contributed by atoms with van der Waals surface area (Å²) in [4.78, 5) is 23.6. The summed E-state index contributed by atoms with van der Waals surface area (Å²) >= 11 is 0.988. The molecule has 0 bridgehead atoms. The lowest BCUT2D eigenvalue weighted by atomic mass is 10.1. The molecule has 8 nitrogen and oxygen atoms in total. The normalized spacial score (nSPS) is 11.8. The monoisotopic (exact) mass is 488 g/mol. The Morgan fingerprint density at radius 1 is 1.03 bits per heavy atom. The van der Waals surface area contributed by atoms with Crippen LogP contribution < -0.4 is 0 Å². The number of rotatable bonds is 5. The minimum absolute atomic E-state index is 0.219. The molecular formula is C24H18F2N8S. The van der Waals surface area contributed by atoms with E-state index in [-0.39, 0.29) is 10.5 Å². The van der Waals surface area contributed by atoms with Crippen LogP contribution in [0.4, 0.5) is 8.78 Å². The zero-order valence-corrected chi connectivity index (χ0v) is 19.5. The number of aromatic nitrogens is 7. The van der Waals surface area contributed by atoms with Gasteiger partial charge in [0.05, 0.1) is 15.8 Å². The Labute approximate surface area is 201 Å². The van der Waals surface area contributed by atoms with E-state index >= 15 is 4.39 Å². The molecule has 35 heavy (non-hydrogen) atoms. The number of nitrogens with zero attached hydrogens (tertiary/aromatic N) is 6. The lowest BCUT2D eigenvalue weighted by Crippen LogP contribution is -2.10. The first-order valence-electron chi connectivity index (χ1n) is 10.7. The van der Waals surface area contributed by atoms with Crippen LogP contribution in [0.25, 0.3) is 55.3 Å². The summed E-state index contributed by atoms with van der Waals surface area (Å²) in [5.74, 6) is -0.114. The number of thiophene rings is 1. The van der Waals surface area contributed by atoms with Gasteiger partial charge in [-0.15, -0.1) is 11.3 Å². The number of fused-ring (bicyclic) bond motifs is 2. The molecule has 2 N–H and O–H groups in total. The molecule has 11 heteroatoms. The fourth-order valence-electron chi connectivity index (χ4n) is 4.08. The predicted octanol–water partition coefficient (Wildman–Crippen LogP) is 5.03. The molecule has 0 aliphatic heterocycles. The lowest BCUT2D eigenvalue weighted by Gasteiger charge is -2.11. The topological polar surface area (TPSA) is 99.3 Å². The molecule has 6 rings (SSSR count). The quantitative estimate of drug-likeness (QED) is 0.353. The maximum absolute atomic E-state index is 15.9. The number of aromatic amines is 2.